The van der Waals surface area contributed by atoms with Crippen molar-refractivity contribution >= 4 is 23.0 Å². The molecule has 1 aromatic heterocycles. The van der Waals surface area contributed by atoms with Crippen LogP contribution in [-0.2, 0) is 0 Å². The standard InChI is InChI=1S/C19H18S/c1-10-15-9-14-7-8-16(20-14)18-11(2)17(10)19(15)13-5-3-12(18)4-6-13/h3,5,7-11,17H,4,6H2,1-2H3/b14-9?,15-9?,18-12?,18-16-,19-13?/t10?,11?,17-/m1/s1. The lowest BCUT2D eigenvalue weighted by atomic mass is 9.57. The fraction of sp³-hybridized carbons (Fsp3) is 0.368. The van der Waals surface area contributed by atoms with Crippen molar-refractivity contribution in [3.05, 3.63) is 55.6 Å². The molecule has 1 fully saturated rings. The largest absolute Gasteiger partial charge is 0.136 e. The van der Waals surface area contributed by atoms with Gasteiger partial charge in [0.15, 0.2) is 0 Å². The van der Waals surface area contributed by atoms with Crippen molar-refractivity contribution < 1.29 is 0 Å². The molecule has 1 saturated carbocycles. The smallest absolute Gasteiger partial charge is 0.0314 e. The van der Waals surface area contributed by atoms with Gasteiger partial charge >= 0.3 is 0 Å². The van der Waals surface area contributed by atoms with Gasteiger partial charge in [0.1, 0.15) is 0 Å². The maximum Gasteiger partial charge on any atom is 0.0314 e. The average molecular weight is 278 g/mol. The molecule has 0 saturated heterocycles. The molecule has 0 amide bonds. The Morgan fingerprint density at radius 1 is 0.950 bits per heavy atom. The summed E-state index contributed by atoms with van der Waals surface area (Å²) in [6, 6.07) is 4.66. The Morgan fingerprint density at radius 2 is 1.70 bits per heavy atom. The molecule has 8 bridgehead atoms. The van der Waals surface area contributed by atoms with E-state index in [9.17, 15) is 0 Å². The first-order valence-electron chi connectivity index (χ1n) is 7.70. The Hall–Kier alpha value is -1.34. The summed E-state index contributed by atoms with van der Waals surface area (Å²) in [4.78, 5) is 0. The predicted octanol–water partition coefficient (Wildman–Crippen LogP) is 3.55. The number of thiophene rings is 1. The fourth-order valence-electron chi connectivity index (χ4n) is 4.75. The third-order valence-electron chi connectivity index (χ3n) is 5.70. The van der Waals surface area contributed by atoms with Crippen LogP contribution in [0.5, 0.6) is 0 Å². The Bertz CT molecular complexity index is 841. The maximum atomic E-state index is 2.46. The van der Waals surface area contributed by atoms with E-state index < -0.39 is 0 Å². The van der Waals surface area contributed by atoms with Gasteiger partial charge in [-0.2, -0.15) is 0 Å². The van der Waals surface area contributed by atoms with Crippen molar-refractivity contribution in [3.63, 3.8) is 0 Å². The molecule has 0 aromatic carbocycles. The number of hydrogen-bond acceptors (Lipinski definition) is 1. The molecule has 4 aliphatic carbocycles. The molecule has 2 unspecified atom stereocenters. The summed E-state index contributed by atoms with van der Waals surface area (Å²) < 4.78 is 2.94. The Balaban J connectivity index is 2.01. The highest BCUT2D eigenvalue weighted by atomic mass is 32.1. The van der Waals surface area contributed by atoms with Gasteiger partial charge in [0.05, 0.1) is 0 Å². The monoisotopic (exact) mass is 278 g/mol. The van der Waals surface area contributed by atoms with Gasteiger partial charge in [-0.25, -0.2) is 0 Å². The molecule has 7 rings (SSSR count). The van der Waals surface area contributed by atoms with Gasteiger partial charge in [0.2, 0.25) is 0 Å². The molecule has 3 heterocycles. The van der Waals surface area contributed by atoms with Crippen LogP contribution in [-0.4, -0.2) is 0 Å². The second-order valence-electron chi connectivity index (χ2n) is 6.62. The van der Waals surface area contributed by atoms with Crippen molar-refractivity contribution in [2.75, 3.05) is 0 Å². The molecular weight excluding hydrogens is 260 g/mol. The van der Waals surface area contributed by atoms with Crippen LogP contribution in [0.15, 0.2) is 46.6 Å². The topological polar surface area (TPSA) is 0 Å². The molecule has 100 valence electrons. The van der Waals surface area contributed by atoms with Crippen molar-refractivity contribution in [3.8, 4) is 0 Å². The Labute approximate surface area is 123 Å². The highest BCUT2D eigenvalue weighted by molar-refractivity contribution is 7.07. The third-order valence-corrected chi connectivity index (χ3v) is 6.76. The minimum Gasteiger partial charge on any atom is -0.136 e. The molecule has 2 aliphatic heterocycles. The summed E-state index contributed by atoms with van der Waals surface area (Å²) in [5.41, 5.74) is 8.15. The first kappa shape index (κ1) is 11.3. The minimum atomic E-state index is 0.664. The van der Waals surface area contributed by atoms with Gasteiger partial charge in [0, 0.05) is 9.06 Å². The highest BCUT2D eigenvalue weighted by Crippen LogP contribution is 2.55. The normalized spacial score (nSPS) is 36.0. The number of allylic oxidation sites excluding steroid dienone is 6. The molecule has 0 spiro atoms. The summed E-state index contributed by atoms with van der Waals surface area (Å²) in [7, 11) is 0. The van der Waals surface area contributed by atoms with Crippen LogP contribution in [0.2, 0.25) is 0 Å². The quantitative estimate of drug-likeness (QED) is 0.681. The highest BCUT2D eigenvalue weighted by Gasteiger charge is 2.44. The summed E-state index contributed by atoms with van der Waals surface area (Å²) in [5.74, 6) is 2.13. The van der Waals surface area contributed by atoms with Gasteiger partial charge in [0.25, 0.3) is 0 Å². The van der Waals surface area contributed by atoms with Gasteiger partial charge in [-0.3, -0.25) is 0 Å². The van der Waals surface area contributed by atoms with E-state index in [2.05, 4.69) is 44.2 Å². The first-order chi connectivity index (χ1) is 9.74. The second-order valence-corrected chi connectivity index (χ2v) is 7.73. The maximum absolute atomic E-state index is 2.46. The van der Waals surface area contributed by atoms with Crippen LogP contribution in [0, 0.1) is 17.8 Å². The van der Waals surface area contributed by atoms with E-state index in [0.717, 1.165) is 11.8 Å². The van der Waals surface area contributed by atoms with Gasteiger partial charge in [-0.05, 0) is 76.7 Å². The van der Waals surface area contributed by atoms with Crippen molar-refractivity contribution in [2.45, 2.75) is 26.7 Å². The van der Waals surface area contributed by atoms with Crippen LogP contribution < -0.4 is 9.06 Å². The van der Waals surface area contributed by atoms with E-state index in [0.29, 0.717) is 5.92 Å². The summed E-state index contributed by atoms with van der Waals surface area (Å²) in [6.45, 7) is 4.89. The molecule has 0 nitrogen and oxygen atoms in total. The Morgan fingerprint density at radius 3 is 2.45 bits per heavy atom. The summed E-state index contributed by atoms with van der Waals surface area (Å²) in [5, 5.41) is 0. The van der Waals surface area contributed by atoms with Crippen molar-refractivity contribution in [1.29, 1.82) is 0 Å². The van der Waals surface area contributed by atoms with Crippen molar-refractivity contribution in [1.82, 2.24) is 0 Å². The van der Waals surface area contributed by atoms with Gasteiger partial charge in [-0.1, -0.05) is 26.0 Å². The van der Waals surface area contributed by atoms with E-state index in [1.807, 2.05) is 11.3 Å². The zero-order valence-corrected chi connectivity index (χ0v) is 12.8. The number of rotatable bonds is 0. The predicted molar refractivity (Wildman–Crippen MR) is 85.7 cm³/mol. The molecule has 0 radical (unpaired) electrons. The van der Waals surface area contributed by atoms with Gasteiger partial charge in [-0.15, -0.1) is 11.3 Å². The van der Waals surface area contributed by atoms with E-state index in [-0.39, 0.29) is 0 Å². The van der Waals surface area contributed by atoms with Gasteiger partial charge < -0.3 is 0 Å². The lowest BCUT2D eigenvalue weighted by molar-refractivity contribution is 0.339. The molecule has 20 heavy (non-hydrogen) atoms. The van der Waals surface area contributed by atoms with Crippen LogP contribution in [0.1, 0.15) is 26.7 Å². The molecule has 1 aromatic rings. The lowest BCUT2D eigenvalue weighted by Crippen LogP contribution is -2.37. The van der Waals surface area contributed by atoms with Crippen molar-refractivity contribution in [2.24, 2.45) is 17.8 Å². The molecule has 6 aliphatic rings. The molecule has 3 atom stereocenters. The van der Waals surface area contributed by atoms with Crippen LogP contribution in [0.4, 0.5) is 0 Å². The van der Waals surface area contributed by atoms with E-state index in [1.165, 1.54) is 21.9 Å². The third kappa shape index (κ3) is 1.23. The second kappa shape index (κ2) is 3.65. The van der Waals surface area contributed by atoms with Crippen LogP contribution in [0.25, 0.3) is 11.6 Å². The lowest BCUT2D eigenvalue weighted by Gasteiger charge is -2.47. The SMILES string of the molecule is CC1C2=C3C4=CC=C(CC4)/C(=c4/ccc(s4)=C2)C(C)[C@H]31. The Kier molecular flexibility index (Phi) is 2.07. The fourth-order valence-corrected chi connectivity index (χ4v) is 5.88. The van der Waals surface area contributed by atoms with Crippen LogP contribution in [0.3, 0.4) is 0 Å². The summed E-state index contributed by atoms with van der Waals surface area (Å²) >= 11 is 1.98. The minimum absolute atomic E-state index is 0.664. The van der Waals surface area contributed by atoms with E-state index in [4.69, 9.17) is 0 Å². The molecule has 1 heteroatoms. The number of fused-ring (bicyclic) bond motifs is 2. The van der Waals surface area contributed by atoms with Crippen LogP contribution >= 0.6 is 11.3 Å². The number of hydrogen-bond donors (Lipinski definition) is 0. The average Bonchev–Trinajstić information content (AvgIpc) is 2.90. The zero-order chi connectivity index (χ0) is 13.4. The summed E-state index contributed by atoms with van der Waals surface area (Å²) in [6.07, 6.45) is 9.75. The molecule has 0 N–H and O–H groups in total. The zero-order valence-electron chi connectivity index (χ0n) is 11.9. The molecular formula is C19H18S. The van der Waals surface area contributed by atoms with E-state index in [1.54, 1.807) is 27.9 Å². The van der Waals surface area contributed by atoms with E-state index >= 15 is 0 Å². The first-order valence-corrected chi connectivity index (χ1v) is 8.52.